The van der Waals surface area contributed by atoms with E-state index >= 15 is 0 Å². The van der Waals surface area contributed by atoms with Crippen LogP contribution in [0.2, 0.25) is 0 Å². The topological polar surface area (TPSA) is 70.6 Å². The molecule has 3 rings (SSSR count). The Bertz CT molecular complexity index is 631. The summed E-state index contributed by atoms with van der Waals surface area (Å²) in [6.07, 6.45) is 1.94. The highest BCUT2D eigenvalue weighted by molar-refractivity contribution is 14.0. The third-order valence-electron chi connectivity index (χ3n) is 4.29. The van der Waals surface area contributed by atoms with E-state index in [0.29, 0.717) is 36.6 Å². The van der Waals surface area contributed by atoms with Crippen molar-refractivity contribution >= 4 is 51.1 Å². The Morgan fingerprint density at radius 1 is 1.48 bits per heavy atom. The van der Waals surface area contributed by atoms with Crippen LogP contribution in [-0.2, 0) is 16.4 Å². The molecule has 0 spiro atoms. The number of sulfone groups is 1. The molecule has 23 heavy (non-hydrogen) atoms. The molecule has 1 saturated carbocycles. The lowest BCUT2D eigenvalue weighted by molar-refractivity contribution is 0.565. The zero-order valence-corrected chi connectivity index (χ0v) is 17.2. The van der Waals surface area contributed by atoms with Gasteiger partial charge in [-0.15, -0.1) is 35.3 Å². The first-order valence-electron chi connectivity index (χ1n) is 7.79. The Hall–Kier alpha value is -0.350. The number of guanidine groups is 1. The van der Waals surface area contributed by atoms with E-state index in [4.69, 9.17) is 0 Å². The van der Waals surface area contributed by atoms with Gasteiger partial charge in [0.25, 0.3) is 0 Å². The van der Waals surface area contributed by atoms with Crippen LogP contribution >= 0.6 is 35.3 Å². The van der Waals surface area contributed by atoms with Gasteiger partial charge in [-0.3, -0.25) is 0 Å². The Kier molecular flexibility index (Phi) is 6.73. The van der Waals surface area contributed by atoms with Gasteiger partial charge in [-0.1, -0.05) is 13.0 Å². The number of nitrogens with one attached hydrogen (secondary N) is 2. The molecule has 0 bridgehead atoms. The van der Waals surface area contributed by atoms with Crippen LogP contribution in [0.4, 0.5) is 0 Å². The van der Waals surface area contributed by atoms with Gasteiger partial charge in [0.1, 0.15) is 0 Å². The minimum Gasteiger partial charge on any atom is -0.356 e. The third kappa shape index (κ3) is 5.90. The van der Waals surface area contributed by atoms with E-state index in [1.54, 1.807) is 11.3 Å². The van der Waals surface area contributed by atoms with Crippen molar-refractivity contribution in [1.29, 1.82) is 0 Å². The van der Waals surface area contributed by atoms with Crippen LogP contribution in [0.1, 0.15) is 24.6 Å². The van der Waals surface area contributed by atoms with Crippen LogP contribution in [0.5, 0.6) is 0 Å². The second-order valence-electron chi connectivity index (χ2n) is 6.36. The van der Waals surface area contributed by atoms with Crippen molar-refractivity contribution in [3.05, 3.63) is 22.4 Å². The first kappa shape index (κ1) is 19.0. The minimum absolute atomic E-state index is 0. The molecule has 130 valence electrons. The molecule has 1 aromatic heterocycles. The zero-order chi connectivity index (χ0) is 15.6. The maximum absolute atomic E-state index is 11.5. The number of aliphatic imine (C=N–C) groups is 1. The molecule has 3 unspecified atom stereocenters. The van der Waals surface area contributed by atoms with Crippen molar-refractivity contribution in [2.75, 3.05) is 18.1 Å². The quantitative estimate of drug-likeness (QED) is 0.394. The van der Waals surface area contributed by atoms with Crippen LogP contribution in [-0.4, -0.2) is 38.5 Å². The Morgan fingerprint density at radius 3 is 2.83 bits per heavy atom. The van der Waals surface area contributed by atoms with E-state index < -0.39 is 9.84 Å². The van der Waals surface area contributed by atoms with Gasteiger partial charge in [-0.05, 0) is 36.1 Å². The highest BCUT2D eigenvalue weighted by Gasteiger charge is 2.33. The summed E-state index contributed by atoms with van der Waals surface area (Å²) in [5, 5.41) is 8.83. The van der Waals surface area contributed by atoms with Gasteiger partial charge in [-0.2, -0.15) is 0 Å². The third-order valence-corrected chi connectivity index (χ3v) is 6.99. The van der Waals surface area contributed by atoms with Crippen molar-refractivity contribution < 1.29 is 8.42 Å². The lowest BCUT2D eigenvalue weighted by atomic mass is 10.1. The van der Waals surface area contributed by atoms with Crippen LogP contribution in [0.25, 0.3) is 0 Å². The molecule has 1 aliphatic carbocycles. The van der Waals surface area contributed by atoms with Crippen molar-refractivity contribution in [2.45, 2.75) is 32.4 Å². The molecule has 0 amide bonds. The lowest BCUT2D eigenvalue weighted by Gasteiger charge is -2.15. The summed E-state index contributed by atoms with van der Waals surface area (Å²) < 4.78 is 23.1. The second kappa shape index (κ2) is 8.15. The molecular formula is C15H24IN3O2S2. The summed E-state index contributed by atoms with van der Waals surface area (Å²) in [5.74, 6) is 2.34. The number of rotatable bonds is 5. The molecule has 5 nitrogen and oxygen atoms in total. The number of hydrogen-bond acceptors (Lipinski definition) is 4. The van der Waals surface area contributed by atoms with Crippen molar-refractivity contribution in [3.63, 3.8) is 0 Å². The smallest absolute Gasteiger partial charge is 0.191 e. The normalized spacial score (nSPS) is 28.9. The number of halogens is 1. The maximum Gasteiger partial charge on any atom is 0.191 e. The fourth-order valence-corrected chi connectivity index (χ4v) is 5.17. The van der Waals surface area contributed by atoms with Crippen LogP contribution in [0.15, 0.2) is 22.5 Å². The summed E-state index contributed by atoms with van der Waals surface area (Å²) in [6, 6.07) is 4.61. The molecule has 8 heteroatoms. The molecule has 2 fully saturated rings. The molecule has 1 saturated heterocycles. The molecule has 0 radical (unpaired) electrons. The minimum atomic E-state index is -2.81. The largest absolute Gasteiger partial charge is 0.356 e. The SMILES string of the molecule is CC1CC1NC(=NCc1cccs1)NCC1CCS(=O)(=O)C1.I. The molecule has 1 aromatic rings. The van der Waals surface area contributed by atoms with Gasteiger partial charge in [0.2, 0.25) is 0 Å². The summed E-state index contributed by atoms with van der Waals surface area (Å²) >= 11 is 1.70. The summed E-state index contributed by atoms with van der Waals surface area (Å²) in [5.41, 5.74) is 0. The van der Waals surface area contributed by atoms with E-state index in [1.807, 2.05) is 6.07 Å². The predicted octanol–water partition coefficient (Wildman–Crippen LogP) is 2.24. The van der Waals surface area contributed by atoms with Crippen molar-refractivity contribution in [1.82, 2.24) is 10.6 Å². The van der Waals surface area contributed by atoms with E-state index in [0.717, 1.165) is 12.4 Å². The summed E-state index contributed by atoms with van der Waals surface area (Å²) in [7, 11) is -2.81. The van der Waals surface area contributed by atoms with Gasteiger partial charge < -0.3 is 10.6 Å². The van der Waals surface area contributed by atoms with Gasteiger partial charge >= 0.3 is 0 Å². The molecule has 0 aromatic carbocycles. The zero-order valence-electron chi connectivity index (χ0n) is 13.2. The van der Waals surface area contributed by atoms with E-state index in [-0.39, 0.29) is 29.9 Å². The number of hydrogen-bond donors (Lipinski definition) is 2. The molecule has 2 N–H and O–H groups in total. The number of thiophene rings is 1. The summed E-state index contributed by atoms with van der Waals surface area (Å²) in [4.78, 5) is 5.86. The van der Waals surface area contributed by atoms with Crippen LogP contribution in [0, 0.1) is 11.8 Å². The fraction of sp³-hybridized carbons (Fsp3) is 0.667. The fourth-order valence-electron chi connectivity index (χ4n) is 2.68. The Morgan fingerprint density at radius 2 is 2.26 bits per heavy atom. The van der Waals surface area contributed by atoms with Crippen LogP contribution < -0.4 is 10.6 Å². The standard InChI is InChI=1S/C15H23N3O2S2.HI/c1-11-7-14(11)18-15(17-9-13-3-2-5-21-13)16-8-12-4-6-22(19,20)10-12;/h2-3,5,11-12,14H,4,6-10H2,1H3,(H2,16,17,18);1H. The molecule has 3 atom stereocenters. The lowest BCUT2D eigenvalue weighted by Crippen LogP contribution is -2.41. The monoisotopic (exact) mass is 469 g/mol. The van der Waals surface area contributed by atoms with E-state index in [1.165, 1.54) is 11.3 Å². The van der Waals surface area contributed by atoms with Gasteiger partial charge in [-0.25, -0.2) is 13.4 Å². The molecular weight excluding hydrogens is 445 g/mol. The first-order chi connectivity index (χ1) is 10.5. The van der Waals surface area contributed by atoms with Crippen LogP contribution in [0.3, 0.4) is 0 Å². The first-order valence-corrected chi connectivity index (χ1v) is 10.5. The highest BCUT2D eigenvalue weighted by atomic mass is 127. The molecule has 2 heterocycles. The van der Waals surface area contributed by atoms with Crippen molar-refractivity contribution in [3.8, 4) is 0 Å². The average Bonchev–Trinajstić information content (AvgIpc) is 2.89. The number of nitrogens with zero attached hydrogens (tertiary/aromatic N) is 1. The molecule has 2 aliphatic rings. The molecule has 1 aliphatic heterocycles. The predicted molar refractivity (Wildman–Crippen MR) is 106 cm³/mol. The van der Waals surface area contributed by atoms with Crippen molar-refractivity contribution in [2.24, 2.45) is 16.8 Å². The Balaban J connectivity index is 0.00000192. The van der Waals surface area contributed by atoms with Gasteiger partial charge in [0.15, 0.2) is 15.8 Å². The van der Waals surface area contributed by atoms with E-state index in [9.17, 15) is 8.42 Å². The van der Waals surface area contributed by atoms with Gasteiger partial charge in [0, 0.05) is 17.5 Å². The Labute approximate surface area is 159 Å². The van der Waals surface area contributed by atoms with E-state index in [2.05, 4.69) is 34.0 Å². The second-order valence-corrected chi connectivity index (χ2v) is 9.62. The summed E-state index contributed by atoms with van der Waals surface area (Å²) in [6.45, 7) is 3.56. The maximum atomic E-state index is 11.5. The average molecular weight is 469 g/mol. The highest BCUT2D eigenvalue weighted by Crippen LogP contribution is 2.28. The van der Waals surface area contributed by atoms with Gasteiger partial charge in [0.05, 0.1) is 18.1 Å².